The summed E-state index contributed by atoms with van der Waals surface area (Å²) in [6, 6.07) is 7.29. The summed E-state index contributed by atoms with van der Waals surface area (Å²) in [6.45, 7) is 4.13. The molecule has 5 rings (SSSR count). The Morgan fingerprint density at radius 3 is 2.60 bits per heavy atom. The van der Waals surface area contributed by atoms with Crippen molar-refractivity contribution in [3.05, 3.63) is 60.2 Å². The van der Waals surface area contributed by atoms with Gasteiger partial charge in [-0.3, -0.25) is 14.4 Å². The van der Waals surface area contributed by atoms with Crippen molar-refractivity contribution < 1.29 is 29.0 Å². The third-order valence-corrected chi connectivity index (χ3v) is 7.64. The van der Waals surface area contributed by atoms with Gasteiger partial charge in [-0.05, 0) is 32.3 Å². The van der Waals surface area contributed by atoms with Crippen molar-refractivity contribution >= 4 is 17.8 Å². The van der Waals surface area contributed by atoms with E-state index in [1.165, 1.54) is 4.90 Å². The number of esters is 1. The van der Waals surface area contributed by atoms with Crippen LogP contribution in [0, 0.1) is 11.8 Å². The number of carbonyl (C=O) groups is 3. The molecule has 4 heterocycles. The Hall–Kier alpha value is -2.97. The summed E-state index contributed by atoms with van der Waals surface area (Å²) in [5.74, 6) is -2.92. The van der Waals surface area contributed by atoms with Gasteiger partial charge in [0.1, 0.15) is 17.6 Å². The Morgan fingerprint density at radius 2 is 1.89 bits per heavy atom. The first-order valence-corrected chi connectivity index (χ1v) is 12.4. The molecule has 4 aliphatic heterocycles. The standard InChI is InChI=1S/C27H32N2O6/c1-17(2)28-14-9-13-27-22(21-20(35-27)12-7-4-8-15-34-26(21)33)24(31)29(23(27)25(28)32)19(16-30)18-10-5-3-6-11-18/h3,5-7,9-13,17,19-23,30H,4,8,14-16H2,1-2H3/b12-7-/t19-,20-,21+,22+,23?,27+/m1/s1. The smallest absolute Gasteiger partial charge is 0.312 e. The van der Waals surface area contributed by atoms with E-state index in [1.54, 1.807) is 11.0 Å². The van der Waals surface area contributed by atoms with E-state index in [0.29, 0.717) is 18.5 Å². The Balaban J connectivity index is 1.67. The molecule has 1 unspecified atom stereocenters. The fourth-order valence-electron chi connectivity index (χ4n) is 6.04. The van der Waals surface area contributed by atoms with E-state index in [1.807, 2.05) is 62.4 Å². The van der Waals surface area contributed by atoms with Gasteiger partial charge in [0.15, 0.2) is 0 Å². The van der Waals surface area contributed by atoms with Gasteiger partial charge >= 0.3 is 5.97 Å². The Morgan fingerprint density at radius 1 is 1.11 bits per heavy atom. The average molecular weight is 481 g/mol. The lowest BCUT2D eigenvalue weighted by molar-refractivity contribution is -0.156. The monoisotopic (exact) mass is 480 g/mol. The number of aliphatic hydroxyl groups is 1. The van der Waals surface area contributed by atoms with Gasteiger partial charge in [-0.15, -0.1) is 0 Å². The molecular weight excluding hydrogens is 448 g/mol. The summed E-state index contributed by atoms with van der Waals surface area (Å²) in [5, 5.41) is 10.5. The van der Waals surface area contributed by atoms with Gasteiger partial charge in [-0.1, -0.05) is 54.6 Å². The predicted molar refractivity (Wildman–Crippen MR) is 127 cm³/mol. The molecule has 2 fully saturated rings. The van der Waals surface area contributed by atoms with E-state index in [4.69, 9.17) is 9.47 Å². The van der Waals surface area contributed by atoms with Crippen LogP contribution in [-0.4, -0.2) is 76.2 Å². The van der Waals surface area contributed by atoms with Crippen LogP contribution in [0.3, 0.4) is 0 Å². The normalized spacial score (nSPS) is 34.3. The van der Waals surface area contributed by atoms with Gasteiger partial charge in [0, 0.05) is 12.6 Å². The minimum atomic E-state index is -1.34. The second-order valence-electron chi connectivity index (χ2n) is 9.92. The van der Waals surface area contributed by atoms with E-state index in [-0.39, 0.29) is 31.1 Å². The molecule has 0 aromatic heterocycles. The van der Waals surface area contributed by atoms with Gasteiger partial charge in [0.2, 0.25) is 11.8 Å². The molecule has 2 saturated heterocycles. The lowest BCUT2D eigenvalue weighted by atomic mass is 9.78. The second-order valence-corrected chi connectivity index (χ2v) is 9.92. The van der Waals surface area contributed by atoms with Crippen LogP contribution in [0.5, 0.6) is 0 Å². The third-order valence-electron chi connectivity index (χ3n) is 7.64. The summed E-state index contributed by atoms with van der Waals surface area (Å²) >= 11 is 0. The number of allylic oxidation sites excluding steroid dienone is 1. The molecular formula is C27H32N2O6. The van der Waals surface area contributed by atoms with E-state index in [2.05, 4.69) is 0 Å². The minimum Gasteiger partial charge on any atom is -0.465 e. The summed E-state index contributed by atoms with van der Waals surface area (Å²) < 4.78 is 12.1. The molecule has 1 N–H and O–H groups in total. The topological polar surface area (TPSA) is 96.4 Å². The number of amides is 2. The van der Waals surface area contributed by atoms with Crippen LogP contribution < -0.4 is 0 Å². The Bertz CT molecular complexity index is 1050. The van der Waals surface area contributed by atoms with Crippen LogP contribution in [0.2, 0.25) is 0 Å². The van der Waals surface area contributed by atoms with Crippen molar-refractivity contribution in [3.63, 3.8) is 0 Å². The highest BCUT2D eigenvalue weighted by atomic mass is 16.6. The fourth-order valence-corrected chi connectivity index (χ4v) is 6.04. The predicted octanol–water partition coefficient (Wildman–Crippen LogP) is 2.00. The second kappa shape index (κ2) is 9.24. The molecule has 0 bridgehead atoms. The molecule has 0 saturated carbocycles. The van der Waals surface area contributed by atoms with Crippen molar-refractivity contribution in [2.75, 3.05) is 19.8 Å². The van der Waals surface area contributed by atoms with Gasteiger partial charge in [0.05, 0.1) is 31.3 Å². The zero-order chi connectivity index (χ0) is 24.7. The summed E-state index contributed by atoms with van der Waals surface area (Å²) in [5.41, 5.74) is -0.623. The zero-order valence-corrected chi connectivity index (χ0v) is 20.1. The molecule has 1 aromatic rings. The lowest BCUT2D eigenvalue weighted by Crippen LogP contribution is -2.57. The number of benzene rings is 1. The van der Waals surface area contributed by atoms with E-state index < -0.39 is 41.6 Å². The Labute approximate surface area is 205 Å². The largest absolute Gasteiger partial charge is 0.465 e. The Kier molecular flexibility index (Phi) is 6.27. The van der Waals surface area contributed by atoms with Gasteiger partial charge in [0.25, 0.3) is 0 Å². The quantitative estimate of drug-likeness (QED) is 0.523. The van der Waals surface area contributed by atoms with E-state index >= 15 is 0 Å². The number of fused-ring (bicyclic) bond motifs is 2. The molecule has 1 spiro atoms. The number of hydrogen-bond acceptors (Lipinski definition) is 6. The number of nitrogens with zero attached hydrogens (tertiary/aromatic N) is 2. The molecule has 2 amide bonds. The zero-order valence-electron chi connectivity index (χ0n) is 20.1. The number of rotatable bonds is 4. The minimum absolute atomic E-state index is 0.106. The highest BCUT2D eigenvalue weighted by molar-refractivity contribution is 5.99. The maximum Gasteiger partial charge on any atom is 0.312 e. The number of likely N-dealkylation sites (tertiary alicyclic amines) is 1. The first-order valence-electron chi connectivity index (χ1n) is 12.4. The third kappa shape index (κ3) is 3.70. The summed E-state index contributed by atoms with van der Waals surface area (Å²) in [4.78, 5) is 44.7. The molecule has 6 atom stereocenters. The summed E-state index contributed by atoms with van der Waals surface area (Å²) in [7, 11) is 0. The van der Waals surface area contributed by atoms with Gasteiger partial charge in [-0.25, -0.2) is 0 Å². The highest BCUT2D eigenvalue weighted by Crippen LogP contribution is 2.55. The number of ether oxygens (including phenoxy) is 2. The SMILES string of the molecule is CC(C)N1CC=C[C@]23O[C@@H]4/C=C\CCCOC(=O)[C@@H]4[C@H]2C(=O)N([C@H](CO)c2ccccc2)C3C1=O. The highest BCUT2D eigenvalue weighted by Gasteiger charge is 2.72. The number of hydrogen-bond donors (Lipinski definition) is 1. The fraction of sp³-hybridized carbons (Fsp3) is 0.519. The van der Waals surface area contributed by atoms with Crippen molar-refractivity contribution in [1.82, 2.24) is 9.80 Å². The number of cyclic esters (lactones) is 1. The van der Waals surface area contributed by atoms with Crippen molar-refractivity contribution in [2.24, 2.45) is 11.8 Å². The van der Waals surface area contributed by atoms with E-state index in [9.17, 15) is 19.5 Å². The average Bonchev–Trinajstić information content (AvgIpc) is 3.25. The van der Waals surface area contributed by atoms with Crippen LogP contribution in [0.15, 0.2) is 54.6 Å². The lowest BCUT2D eigenvalue weighted by Gasteiger charge is -2.39. The molecule has 8 nitrogen and oxygen atoms in total. The van der Waals surface area contributed by atoms with Gasteiger partial charge < -0.3 is 24.4 Å². The number of aliphatic hydroxyl groups excluding tert-OH is 1. The molecule has 186 valence electrons. The maximum atomic E-state index is 14.2. The molecule has 4 aliphatic rings. The van der Waals surface area contributed by atoms with Crippen molar-refractivity contribution in [2.45, 2.75) is 56.5 Å². The van der Waals surface area contributed by atoms with Crippen LogP contribution in [0.1, 0.15) is 38.3 Å². The molecule has 1 aromatic carbocycles. The summed E-state index contributed by atoms with van der Waals surface area (Å²) in [6.07, 6.45) is 8.21. The van der Waals surface area contributed by atoms with Crippen LogP contribution >= 0.6 is 0 Å². The van der Waals surface area contributed by atoms with Crippen molar-refractivity contribution in [3.8, 4) is 0 Å². The van der Waals surface area contributed by atoms with Gasteiger partial charge in [-0.2, -0.15) is 0 Å². The van der Waals surface area contributed by atoms with Crippen molar-refractivity contribution in [1.29, 1.82) is 0 Å². The van der Waals surface area contributed by atoms with E-state index in [0.717, 1.165) is 6.42 Å². The van der Waals surface area contributed by atoms with Crippen LogP contribution in [0.4, 0.5) is 0 Å². The van der Waals surface area contributed by atoms with Crippen LogP contribution in [-0.2, 0) is 23.9 Å². The first kappa shape index (κ1) is 23.8. The molecule has 0 radical (unpaired) electrons. The maximum absolute atomic E-state index is 14.2. The van der Waals surface area contributed by atoms with Crippen LogP contribution in [0.25, 0.3) is 0 Å². The number of carbonyl (C=O) groups excluding carboxylic acids is 3. The molecule has 35 heavy (non-hydrogen) atoms. The first-order chi connectivity index (χ1) is 16.9. The molecule has 0 aliphatic carbocycles. The molecule has 8 heteroatoms.